The topological polar surface area (TPSA) is 121 Å². The lowest BCUT2D eigenvalue weighted by Crippen LogP contribution is -2.52. The molecule has 0 bridgehead atoms. The summed E-state index contributed by atoms with van der Waals surface area (Å²) in [6.45, 7) is 4.10. The first-order valence-corrected chi connectivity index (χ1v) is 8.39. The average Bonchev–Trinajstić information content (AvgIpc) is 3.04. The number of aryl methyl sites for hydroxylation is 2. The second-order valence-corrected chi connectivity index (χ2v) is 6.68. The number of hydrogen-bond donors (Lipinski definition) is 2. The molecule has 2 N–H and O–H groups in total. The zero-order chi connectivity index (χ0) is 18.9. The summed E-state index contributed by atoms with van der Waals surface area (Å²) in [5, 5.41) is 13.9. The molecule has 0 spiro atoms. The van der Waals surface area contributed by atoms with Gasteiger partial charge < -0.3 is 15.0 Å². The predicted octanol–water partition coefficient (Wildman–Crippen LogP) is 0.228. The largest absolute Gasteiger partial charge is 0.479 e. The summed E-state index contributed by atoms with van der Waals surface area (Å²) in [7, 11) is 0. The Labute approximate surface area is 149 Å². The van der Waals surface area contributed by atoms with Gasteiger partial charge in [0.15, 0.2) is 5.54 Å². The molecule has 9 heteroatoms. The van der Waals surface area contributed by atoms with E-state index in [1.807, 2.05) is 6.92 Å². The number of aliphatic carboxylic acids is 1. The van der Waals surface area contributed by atoms with Crippen LogP contribution >= 0.6 is 0 Å². The number of likely N-dealkylation sites (tertiary alicyclic amines) is 1. The molecule has 138 valence electrons. The van der Waals surface area contributed by atoms with Crippen molar-refractivity contribution in [3.05, 3.63) is 45.9 Å². The van der Waals surface area contributed by atoms with E-state index in [4.69, 9.17) is 0 Å². The Bertz CT molecular complexity index is 893. The van der Waals surface area contributed by atoms with Crippen LogP contribution in [-0.4, -0.2) is 54.7 Å². The molecule has 1 saturated heterocycles. The first-order chi connectivity index (χ1) is 12.3. The fourth-order valence-electron chi connectivity index (χ4n) is 3.22. The van der Waals surface area contributed by atoms with Crippen molar-refractivity contribution in [3.8, 4) is 0 Å². The molecule has 1 fully saturated rings. The molecular weight excluding hydrogens is 338 g/mol. The van der Waals surface area contributed by atoms with Crippen LogP contribution in [0.2, 0.25) is 0 Å². The molecule has 1 aliphatic heterocycles. The number of piperidine rings is 1. The first-order valence-electron chi connectivity index (χ1n) is 8.39. The van der Waals surface area contributed by atoms with Crippen LogP contribution in [0.3, 0.4) is 0 Å². The lowest BCUT2D eigenvalue weighted by atomic mass is 9.87. The summed E-state index contributed by atoms with van der Waals surface area (Å²) in [4.78, 5) is 44.5. The van der Waals surface area contributed by atoms with E-state index in [-0.39, 0.29) is 30.7 Å². The van der Waals surface area contributed by atoms with Gasteiger partial charge in [0, 0.05) is 43.9 Å². The van der Waals surface area contributed by atoms with Crippen LogP contribution in [0.25, 0.3) is 0 Å². The summed E-state index contributed by atoms with van der Waals surface area (Å²) in [5.41, 5.74) is -0.281. The molecule has 0 radical (unpaired) electrons. The van der Waals surface area contributed by atoms with Crippen LogP contribution in [0.1, 0.15) is 29.8 Å². The van der Waals surface area contributed by atoms with Crippen molar-refractivity contribution in [1.82, 2.24) is 24.6 Å². The van der Waals surface area contributed by atoms with Crippen molar-refractivity contribution in [2.45, 2.75) is 38.6 Å². The van der Waals surface area contributed by atoms with E-state index in [0.29, 0.717) is 24.5 Å². The first kappa shape index (κ1) is 17.8. The zero-order valence-corrected chi connectivity index (χ0v) is 14.7. The Kier molecular flexibility index (Phi) is 4.62. The molecule has 2 aromatic heterocycles. The van der Waals surface area contributed by atoms with Crippen LogP contribution in [-0.2, 0) is 21.5 Å². The van der Waals surface area contributed by atoms with Crippen molar-refractivity contribution in [3.63, 3.8) is 0 Å². The van der Waals surface area contributed by atoms with Gasteiger partial charge in [-0.15, -0.1) is 0 Å². The van der Waals surface area contributed by atoms with Gasteiger partial charge in [0.25, 0.3) is 5.56 Å². The maximum Gasteiger partial charge on any atom is 0.331 e. The minimum atomic E-state index is -1.14. The second kappa shape index (κ2) is 6.74. The highest BCUT2D eigenvalue weighted by atomic mass is 16.4. The van der Waals surface area contributed by atoms with Crippen LogP contribution < -0.4 is 5.56 Å². The molecule has 0 aliphatic carbocycles. The van der Waals surface area contributed by atoms with Crippen LogP contribution in [0.15, 0.2) is 23.4 Å². The molecule has 0 atom stereocenters. The SMILES string of the molecule is Cc1cnn(C2(C(=O)O)CCN(C(=O)Cc3cnc(C)[nH]c3=O)CC2)c1. The molecule has 1 aliphatic rings. The fraction of sp³-hybridized carbons (Fsp3) is 0.471. The normalized spacial score (nSPS) is 16.5. The van der Waals surface area contributed by atoms with E-state index in [0.717, 1.165) is 5.56 Å². The molecule has 0 unspecified atom stereocenters. The van der Waals surface area contributed by atoms with Crippen molar-refractivity contribution >= 4 is 11.9 Å². The highest BCUT2D eigenvalue weighted by Gasteiger charge is 2.44. The van der Waals surface area contributed by atoms with Gasteiger partial charge in [-0.2, -0.15) is 5.10 Å². The van der Waals surface area contributed by atoms with Gasteiger partial charge in [-0.05, 0) is 19.4 Å². The minimum absolute atomic E-state index is 0.0520. The van der Waals surface area contributed by atoms with E-state index in [1.165, 1.54) is 10.9 Å². The minimum Gasteiger partial charge on any atom is -0.479 e. The molecule has 1 amide bonds. The Morgan fingerprint density at radius 3 is 2.50 bits per heavy atom. The number of H-pyrrole nitrogens is 1. The maximum absolute atomic E-state index is 12.5. The number of nitrogens with zero attached hydrogens (tertiary/aromatic N) is 4. The van der Waals surface area contributed by atoms with E-state index in [2.05, 4.69) is 15.1 Å². The molecule has 3 rings (SSSR count). The second-order valence-electron chi connectivity index (χ2n) is 6.68. The predicted molar refractivity (Wildman–Crippen MR) is 91.7 cm³/mol. The lowest BCUT2D eigenvalue weighted by molar-refractivity contribution is -0.153. The molecule has 0 aromatic carbocycles. The van der Waals surface area contributed by atoms with Gasteiger partial charge in [0.05, 0.1) is 12.6 Å². The standard InChI is InChI=1S/C17H21N5O4/c1-11-8-19-22(10-11)17(16(25)26)3-5-21(6-4-17)14(23)7-13-9-18-12(2)20-15(13)24/h8-10H,3-7H2,1-2H3,(H,25,26)(H,18,20,24). The number of rotatable bonds is 4. The van der Waals surface area contributed by atoms with Gasteiger partial charge in [-0.1, -0.05) is 0 Å². The zero-order valence-electron chi connectivity index (χ0n) is 14.7. The Balaban J connectivity index is 1.71. The van der Waals surface area contributed by atoms with Gasteiger partial charge in [-0.25, -0.2) is 9.78 Å². The van der Waals surface area contributed by atoms with Crippen molar-refractivity contribution in [2.24, 2.45) is 0 Å². The number of nitrogens with one attached hydrogen (secondary N) is 1. The van der Waals surface area contributed by atoms with Crippen molar-refractivity contribution in [2.75, 3.05) is 13.1 Å². The molecule has 0 saturated carbocycles. The van der Waals surface area contributed by atoms with Crippen molar-refractivity contribution < 1.29 is 14.7 Å². The van der Waals surface area contributed by atoms with E-state index >= 15 is 0 Å². The van der Waals surface area contributed by atoms with E-state index in [1.54, 1.807) is 24.2 Å². The number of aromatic amines is 1. The summed E-state index contributed by atoms with van der Waals surface area (Å²) in [6, 6.07) is 0. The van der Waals surface area contributed by atoms with E-state index in [9.17, 15) is 19.5 Å². The molecule has 26 heavy (non-hydrogen) atoms. The Morgan fingerprint density at radius 1 is 1.27 bits per heavy atom. The fourth-order valence-corrected chi connectivity index (χ4v) is 3.22. The van der Waals surface area contributed by atoms with Crippen molar-refractivity contribution in [1.29, 1.82) is 0 Å². The number of aromatic nitrogens is 4. The maximum atomic E-state index is 12.5. The number of carboxylic acids is 1. The average molecular weight is 359 g/mol. The lowest BCUT2D eigenvalue weighted by Gasteiger charge is -2.39. The quantitative estimate of drug-likeness (QED) is 0.806. The number of amides is 1. The third-order valence-electron chi connectivity index (χ3n) is 4.83. The van der Waals surface area contributed by atoms with Gasteiger partial charge in [-0.3, -0.25) is 14.3 Å². The van der Waals surface area contributed by atoms with Crippen LogP contribution in [0, 0.1) is 13.8 Å². The third kappa shape index (κ3) is 3.24. The molecule has 9 nitrogen and oxygen atoms in total. The van der Waals surface area contributed by atoms with Gasteiger partial charge in [0.2, 0.25) is 5.91 Å². The highest BCUT2D eigenvalue weighted by Crippen LogP contribution is 2.30. The molecule has 2 aromatic rings. The van der Waals surface area contributed by atoms with Crippen LogP contribution in [0.5, 0.6) is 0 Å². The number of carbonyl (C=O) groups is 2. The Morgan fingerprint density at radius 2 is 1.96 bits per heavy atom. The monoisotopic (exact) mass is 359 g/mol. The van der Waals surface area contributed by atoms with Gasteiger partial charge >= 0.3 is 5.97 Å². The summed E-state index contributed by atoms with van der Waals surface area (Å²) >= 11 is 0. The number of carbonyl (C=O) groups excluding carboxylic acids is 1. The molecule has 3 heterocycles. The highest BCUT2D eigenvalue weighted by molar-refractivity contribution is 5.80. The third-order valence-corrected chi connectivity index (χ3v) is 4.83. The smallest absolute Gasteiger partial charge is 0.331 e. The van der Waals surface area contributed by atoms with Crippen LogP contribution in [0.4, 0.5) is 0 Å². The summed E-state index contributed by atoms with van der Waals surface area (Å²) in [5.74, 6) is -0.673. The number of hydrogen-bond acceptors (Lipinski definition) is 5. The Hall–Kier alpha value is -2.97. The molecular formula is C17H21N5O4. The van der Waals surface area contributed by atoms with E-state index < -0.39 is 11.5 Å². The summed E-state index contributed by atoms with van der Waals surface area (Å²) in [6.07, 6.45) is 5.21. The summed E-state index contributed by atoms with van der Waals surface area (Å²) < 4.78 is 1.49. The number of carboxylic acid groups (broad SMARTS) is 1. The van der Waals surface area contributed by atoms with Gasteiger partial charge in [0.1, 0.15) is 5.82 Å².